The Balaban J connectivity index is 1.86. The normalized spacial score (nSPS) is 25.2. The largest absolute Gasteiger partial charge is 0.488 e. The summed E-state index contributed by atoms with van der Waals surface area (Å²) in [5, 5.41) is 3.27. The maximum absolute atomic E-state index is 6.01. The van der Waals surface area contributed by atoms with Crippen molar-refractivity contribution >= 4 is 0 Å². The van der Waals surface area contributed by atoms with Crippen molar-refractivity contribution in [3.63, 3.8) is 0 Å². The summed E-state index contributed by atoms with van der Waals surface area (Å²) in [5.41, 5.74) is 1.27. The van der Waals surface area contributed by atoms with Gasteiger partial charge in [0.2, 0.25) is 0 Å². The number of hydrogen-bond acceptors (Lipinski definition) is 4. The molecule has 0 saturated heterocycles. The van der Waals surface area contributed by atoms with Gasteiger partial charge >= 0.3 is 0 Å². The zero-order valence-corrected chi connectivity index (χ0v) is 12.6. The minimum Gasteiger partial charge on any atom is -0.488 e. The lowest BCUT2D eigenvalue weighted by Gasteiger charge is -2.43. The van der Waals surface area contributed by atoms with E-state index < -0.39 is 0 Å². The van der Waals surface area contributed by atoms with E-state index in [0.717, 1.165) is 31.8 Å². The fourth-order valence-corrected chi connectivity index (χ4v) is 2.52. The molecule has 1 fully saturated rings. The second kappa shape index (κ2) is 7.62. The first-order chi connectivity index (χ1) is 9.78. The summed E-state index contributed by atoms with van der Waals surface area (Å²) in [4.78, 5) is 0. The Hall–Kier alpha value is -1.10. The third-order valence-corrected chi connectivity index (χ3v) is 3.78. The van der Waals surface area contributed by atoms with Gasteiger partial charge in [0.25, 0.3) is 0 Å². The van der Waals surface area contributed by atoms with Crippen molar-refractivity contribution in [3.8, 4) is 5.75 Å². The predicted molar refractivity (Wildman–Crippen MR) is 79.3 cm³/mol. The fourth-order valence-electron chi connectivity index (χ4n) is 2.52. The molecule has 3 unspecified atom stereocenters. The quantitative estimate of drug-likeness (QED) is 0.790. The molecule has 1 aliphatic carbocycles. The Morgan fingerprint density at radius 1 is 1.25 bits per heavy atom. The van der Waals surface area contributed by atoms with Crippen molar-refractivity contribution in [2.75, 3.05) is 27.4 Å². The van der Waals surface area contributed by atoms with E-state index in [4.69, 9.17) is 14.2 Å². The molecule has 4 nitrogen and oxygen atoms in total. The maximum atomic E-state index is 6.01. The Bertz CT molecular complexity index is 393. The third-order valence-electron chi connectivity index (χ3n) is 3.78. The van der Waals surface area contributed by atoms with Crippen LogP contribution in [0.2, 0.25) is 0 Å². The van der Waals surface area contributed by atoms with E-state index in [0.29, 0.717) is 6.04 Å². The summed E-state index contributed by atoms with van der Waals surface area (Å²) in [6, 6.07) is 8.65. The number of nitrogens with one attached hydrogen (secondary N) is 1. The van der Waals surface area contributed by atoms with Crippen molar-refractivity contribution < 1.29 is 14.2 Å². The molecule has 1 aromatic rings. The molecule has 0 heterocycles. The first kappa shape index (κ1) is 15.3. The highest BCUT2D eigenvalue weighted by atomic mass is 16.5. The van der Waals surface area contributed by atoms with Gasteiger partial charge in [-0.1, -0.05) is 12.1 Å². The SMILES string of the molecule is CCOC1C(NC)CC1Oc1ccc(CCOC)cc1. The standard InChI is InChI=1S/C16H25NO3/c1-4-19-16-14(17-2)11-15(16)20-13-7-5-12(6-8-13)9-10-18-3/h5-8,14-17H,4,9-11H2,1-3H3. The molecule has 2 rings (SSSR count). The Morgan fingerprint density at radius 2 is 2.00 bits per heavy atom. The molecule has 0 amide bonds. The topological polar surface area (TPSA) is 39.7 Å². The van der Waals surface area contributed by atoms with Crippen molar-refractivity contribution in [3.05, 3.63) is 29.8 Å². The van der Waals surface area contributed by atoms with Gasteiger partial charge in [-0.15, -0.1) is 0 Å². The van der Waals surface area contributed by atoms with Crippen LogP contribution in [0.25, 0.3) is 0 Å². The molecule has 3 atom stereocenters. The molecule has 20 heavy (non-hydrogen) atoms. The van der Waals surface area contributed by atoms with Gasteiger partial charge in [-0.2, -0.15) is 0 Å². The van der Waals surface area contributed by atoms with Crippen LogP contribution in [0.4, 0.5) is 0 Å². The predicted octanol–water partition coefficient (Wildman–Crippen LogP) is 2.02. The summed E-state index contributed by atoms with van der Waals surface area (Å²) in [6.45, 7) is 3.49. The average molecular weight is 279 g/mol. The molecule has 4 heteroatoms. The van der Waals surface area contributed by atoms with Crippen LogP contribution < -0.4 is 10.1 Å². The zero-order valence-electron chi connectivity index (χ0n) is 12.6. The van der Waals surface area contributed by atoms with Crippen LogP contribution in [0, 0.1) is 0 Å². The van der Waals surface area contributed by atoms with Gasteiger partial charge in [-0.3, -0.25) is 0 Å². The summed E-state index contributed by atoms with van der Waals surface area (Å²) >= 11 is 0. The van der Waals surface area contributed by atoms with Crippen LogP contribution in [0.3, 0.4) is 0 Å². The molecule has 0 aliphatic heterocycles. The van der Waals surface area contributed by atoms with E-state index in [-0.39, 0.29) is 12.2 Å². The second-order valence-electron chi connectivity index (χ2n) is 5.09. The van der Waals surface area contributed by atoms with Crippen LogP contribution in [-0.4, -0.2) is 45.6 Å². The number of ether oxygens (including phenoxy) is 3. The Kier molecular flexibility index (Phi) is 5.83. The molecule has 1 saturated carbocycles. The number of methoxy groups -OCH3 is 1. The maximum Gasteiger partial charge on any atom is 0.128 e. The molecular formula is C16H25NO3. The molecule has 1 N–H and O–H groups in total. The lowest BCUT2D eigenvalue weighted by molar-refractivity contribution is -0.103. The summed E-state index contributed by atoms with van der Waals surface area (Å²) in [5.74, 6) is 0.912. The Labute approximate surface area is 121 Å². The molecule has 0 aromatic heterocycles. The van der Waals surface area contributed by atoms with Gasteiger partial charge in [0.1, 0.15) is 18.0 Å². The second-order valence-corrected chi connectivity index (χ2v) is 5.09. The molecule has 1 aliphatic rings. The van der Waals surface area contributed by atoms with Gasteiger partial charge in [0, 0.05) is 26.2 Å². The highest BCUT2D eigenvalue weighted by molar-refractivity contribution is 5.28. The van der Waals surface area contributed by atoms with Gasteiger partial charge in [-0.25, -0.2) is 0 Å². The third kappa shape index (κ3) is 3.72. The van der Waals surface area contributed by atoms with Crippen LogP contribution in [0.15, 0.2) is 24.3 Å². The molecule has 0 bridgehead atoms. The van der Waals surface area contributed by atoms with E-state index in [2.05, 4.69) is 17.4 Å². The highest BCUT2D eigenvalue weighted by Crippen LogP contribution is 2.29. The lowest BCUT2D eigenvalue weighted by atomic mass is 9.85. The highest BCUT2D eigenvalue weighted by Gasteiger charge is 2.42. The van der Waals surface area contributed by atoms with Crippen molar-refractivity contribution in [2.45, 2.75) is 38.0 Å². The van der Waals surface area contributed by atoms with Crippen LogP contribution in [0.1, 0.15) is 18.9 Å². The van der Waals surface area contributed by atoms with E-state index in [1.54, 1.807) is 7.11 Å². The minimum atomic E-state index is 0.150. The van der Waals surface area contributed by atoms with E-state index in [1.165, 1.54) is 5.56 Å². The van der Waals surface area contributed by atoms with E-state index in [9.17, 15) is 0 Å². The molecule has 0 radical (unpaired) electrons. The van der Waals surface area contributed by atoms with Crippen molar-refractivity contribution in [1.82, 2.24) is 5.32 Å². The smallest absolute Gasteiger partial charge is 0.128 e. The van der Waals surface area contributed by atoms with Gasteiger partial charge in [0.05, 0.1) is 6.61 Å². The number of rotatable bonds is 8. The number of hydrogen-bond donors (Lipinski definition) is 1. The zero-order chi connectivity index (χ0) is 14.4. The van der Waals surface area contributed by atoms with Crippen molar-refractivity contribution in [2.24, 2.45) is 0 Å². The lowest BCUT2D eigenvalue weighted by Crippen LogP contribution is -2.60. The van der Waals surface area contributed by atoms with Gasteiger partial charge < -0.3 is 19.5 Å². The number of likely N-dealkylation sites (N-methyl/N-ethyl adjacent to an activating group) is 1. The van der Waals surface area contributed by atoms with Gasteiger partial charge in [0.15, 0.2) is 0 Å². The first-order valence-corrected chi connectivity index (χ1v) is 7.31. The fraction of sp³-hybridized carbons (Fsp3) is 0.625. The first-order valence-electron chi connectivity index (χ1n) is 7.31. The number of benzene rings is 1. The van der Waals surface area contributed by atoms with Crippen LogP contribution in [0.5, 0.6) is 5.75 Å². The molecule has 0 spiro atoms. The molecule has 1 aromatic carbocycles. The monoisotopic (exact) mass is 279 g/mol. The van der Waals surface area contributed by atoms with Crippen molar-refractivity contribution in [1.29, 1.82) is 0 Å². The van der Waals surface area contributed by atoms with Crippen LogP contribution >= 0.6 is 0 Å². The van der Waals surface area contributed by atoms with Crippen LogP contribution in [-0.2, 0) is 15.9 Å². The van der Waals surface area contributed by atoms with Gasteiger partial charge in [-0.05, 0) is 38.1 Å². The minimum absolute atomic E-state index is 0.150. The van der Waals surface area contributed by atoms with E-state index >= 15 is 0 Å². The Morgan fingerprint density at radius 3 is 2.60 bits per heavy atom. The molecular weight excluding hydrogens is 254 g/mol. The summed E-state index contributed by atoms with van der Waals surface area (Å²) < 4.78 is 16.8. The summed E-state index contributed by atoms with van der Waals surface area (Å²) in [6.07, 6.45) is 2.23. The molecule has 112 valence electrons. The van der Waals surface area contributed by atoms with E-state index in [1.807, 2.05) is 26.1 Å². The average Bonchev–Trinajstić information content (AvgIpc) is 2.47. The summed E-state index contributed by atoms with van der Waals surface area (Å²) in [7, 11) is 3.69.